The van der Waals surface area contributed by atoms with Crippen molar-refractivity contribution in [3.8, 4) is 11.5 Å². The molecule has 1 atom stereocenters. The summed E-state index contributed by atoms with van der Waals surface area (Å²) in [5.41, 5.74) is 1.52. The van der Waals surface area contributed by atoms with Crippen LogP contribution in [0.5, 0.6) is 11.5 Å². The lowest BCUT2D eigenvalue weighted by atomic mass is 10.0. The molecule has 156 valence electrons. The number of para-hydroxylation sites is 1. The minimum absolute atomic E-state index is 0.0563. The highest BCUT2D eigenvalue weighted by molar-refractivity contribution is 5.99. The van der Waals surface area contributed by atoms with Gasteiger partial charge in [0.1, 0.15) is 17.5 Å². The number of amides is 2. The topological polar surface area (TPSA) is 76.7 Å². The second-order valence-corrected chi connectivity index (χ2v) is 7.01. The number of carbonyl (C=O) groups excluding carboxylic acids is 2. The van der Waals surface area contributed by atoms with Crippen LogP contribution < -0.4 is 20.1 Å². The van der Waals surface area contributed by atoms with Gasteiger partial charge in [0.05, 0.1) is 19.3 Å². The zero-order chi connectivity index (χ0) is 21.2. The molecule has 2 N–H and O–H groups in total. The zero-order valence-corrected chi connectivity index (χ0v) is 17.5. The van der Waals surface area contributed by atoms with Crippen LogP contribution >= 0.6 is 0 Å². The lowest BCUT2D eigenvalue weighted by Gasteiger charge is -2.22. The van der Waals surface area contributed by atoms with Gasteiger partial charge in [0.2, 0.25) is 5.91 Å². The van der Waals surface area contributed by atoms with E-state index in [4.69, 9.17) is 9.47 Å². The largest absolute Gasteiger partial charge is 0.497 e. The highest BCUT2D eigenvalue weighted by Crippen LogP contribution is 2.18. The molecule has 0 bridgehead atoms. The Hall–Kier alpha value is -3.02. The molecule has 0 saturated heterocycles. The summed E-state index contributed by atoms with van der Waals surface area (Å²) in [6.45, 7) is 6.62. The molecule has 29 heavy (non-hydrogen) atoms. The van der Waals surface area contributed by atoms with Gasteiger partial charge in [0, 0.05) is 6.54 Å². The Labute approximate surface area is 172 Å². The van der Waals surface area contributed by atoms with Gasteiger partial charge >= 0.3 is 0 Å². The molecule has 0 radical (unpaired) electrons. The summed E-state index contributed by atoms with van der Waals surface area (Å²) >= 11 is 0. The van der Waals surface area contributed by atoms with Gasteiger partial charge < -0.3 is 20.1 Å². The van der Waals surface area contributed by atoms with E-state index in [2.05, 4.69) is 10.6 Å². The van der Waals surface area contributed by atoms with E-state index in [-0.39, 0.29) is 17.7 Å². The molecule has 2 aromatic rings. The minimum atomic E-state index is -0.631. The smallest absolute Gasteiger partial charge is 0.255 e. The van der Waals surface area contributed by atoms with E-state index in [9.17, 15) is 9.59 Å². The average molecular weight is 399 g/mol. The van der Waals surface area contributed by atoms with E-state index >= 15 is 0 Å². The number of nitrogens with one attached hydrogen (secondary N) is 2. The van der Waals surface area contributed by atoms with Crippen LogP contribution in [0.2, 0.25) is 0 Å². The summed E-state index contributed by atoms with van der Waals surface area (Å²) in [6, 6.07) is 14.1. The van der Waals surface area contributed by atoms with E-state index in [0.29, 0.717) is 30.9 Å². The molecule has 2 aromatic carbocycles. The molecule has 0 aliphatic heterocycles. The average Bonchev–Trinajstić information content (AvgIpc) is 2.72. The molecule has 0 aromatic heterocycles. The number of ether oxygens (including phenoxy) is 2. The molecule has 2 amide bonds. The van der Waals surface area contributed by atoms with Crippen LogP contribution in [0.1, 0.15) is 36.7 Å². The van der Waals surface area contributed by atoms with Gasteiger partial charge in [0.15, 0.2) is 0 Å². The van der Waals surface area contributed by atoms with Crippen molar-refractivity contribution in [1.29, 1.82) is 0 Å². The van der Waals surface area contributed by atoms with Gasteiger partial charge in [-0.3, -0.25) is 9.59 Å². The van der Waals surface area contributed by atoms with Gasteiger partial charge in [0.25, 0.3) is 5.91 Å². The quantitative estimate of drug-likeness (QED) is 0.644. The number of methoxy groups -OCH3 is 1. The molecule has 0 fully saturated rings. The van der Waals surface area contributed by atoms with E-state index < -0.39 is 6.04 Å². The molecule has 0 aliphatic carbocycles. The molecule has 6 nitrogen and oxygen atoms in total. The first kappa shape index (κ1) is 22.3. The maximum Gasteiger partial charge on any atom is 0.255 e. The van der Waals surface area contributed by atoms with Crippen LogP contribution in [0.15, 0.2) is 48.5 Å². The molecule has 6 heteroatoms. The summed E-state index contributed by atoms with van der Waals surface area (Å²) in [7, 11) is 1.63. The number of hydrogen-bond donors (Lipinski definition) is 2. The van der Waals surface area contributed by atoms with Crippen molar-refractivity contribution in [3.05, 3.63) is 59.7 Å². The maximum atomic E-state index is 12.7. The van der Waals surface area contributed by atoms with Gasteiger partial charge in [-0.05, 0) is 49.1 Å². The van der Waals surface area contributed by atoms with Gasteiger partial charge in [-0.25, -0.2) is 0 Å². The lowest BCUT2D eigenvalue weighted by molar-refractivity contribution is -0.123. The highest BCUT2D eigenvalue weighted by Gasteiger charge is 2.25. The Morgan fingerprint density at radius 2 is 1.72 bits per heavy atom. The molecule has 0 spiro atoms. The molecular weight excluding hydrogens is 368 g/mol. The normalized spacial score (nSPS) is 11.6. The van der Waals surface area contributed by atoms with E-state index in [1.165, 1.54) is 0 Å². The molecule has 0 saturated carbocycles. The Morgan fingerprint density at radius 3 is 2.34 bits per heavy atom. The second-order valence-electron chi connectivity index (χ2n) is 7.01. The van der Waals surface area contributed by atoms with Crippen LogP contribution in [0.3, 0.4) is 0 Å². The monoisotopic (exact) mass is 398 g/mol. The van der Waals surface area contributed by atoms with Crippen molar-refractivity contribution in [3.63, 3.8) is 0 Å². The summed E-state index contributed by atoms with van der Waals surface area (Å²) in [5.74, 6) is 0.732. The molecule has 2 rings (SSSR count). The van der Waals surface area contributed by atoms with Crippen molar-refractivity contribution in [2.75, 3.05) is 20.3 Å². The van der Waals surface area contributed by atoms with Crippen LogP contribution in [-0.2, 0) is 11.2 Å². The Kier molecular flexibility index (Phi) is 8.52. The Bertz CT molecular complexity index is 803. The summed E-state index contributed by atoms with van der Waals surface area (Å²) in [4.78, 5) is 25.4. The number of carbonyl (C=O) groups is 2. The van der Waals surface area contributed by atoms with Gasteiger partial charge in [-0.15, -0.1) is 0 Å². The van der Waals surface area contributed by atoms with Crippen molar-refractivity contribution >= 4 is 11.8 Å². The van der Waals surface area contributed by atoms with E-state index in [1.54, 1.807) is 25.3 Å². The van der Waals surface area contributed by atoms with Crippen LogP contribution in [0.4, 0.5) is 0 Å². The minimum Gasteiger partial charge on any atom is -0.497 e. The van der Waals surface area contributed by atoms with Crippen molar-refractivity contribution in [2.24, 2.45) is 5.92 Å². The Morgan fingerprint density at radius 1 is 1.03 bits per heavy atom. The first-order valence-corrected chi connectivity index (χ1v) is 9.89. The van der Waals surface area contributed by atoms with Crippen LogP contribution in [0.25, 0.3) is 0 Å². The first-order valence-electron chi connectivity index (χ1n) is 9.89. The van der Waals surface area contributed by atoms with Crippen LogP contribution in [0, 0.1) is 5.92 Å². The summed E-state index contributed by atoms with van der Waals surface area (Å²) < 4.78 is 10.7. The fourth-order valence-corrected chi connectivity index (χ4v) is 2.92. The summed E-state index contributed by atoms with van der Waals surface area (Å²) in [5, 5.41) is 5.77. The second kappa shape index (κ2) is 11.1. The maximum absolute atomic E-state index is 12.7. The van der Waals surface area contributed by atoms with Crippen LogP contribution in [-0.4, -0.2) is 38.1 Å². The predicted octanol–water partition coefficient (Wildman–Crippen LogP) is 3.21. The molecule has 0 heterocycles. The standard InChI is InChI=1S/C23H30N2O4/c1-5-29-20-9-7-6-8-19(20)22(26)25-21(16(2)3)23(27)24-15-14-17-10-12-18(28-4)13-11-17/h6-13,16,21H,5,14-15H2,1-4H3,(H,24,27)(H,25,26)/t21-/m0/s1. The van der Waals surface area contributed by atoms with E-state index in [1.807, 2.05) is 51.1 Å². The third kappa shape index (κ3) is 6.52. The van der Waals surface area contributed by atoms with Crippen molar-refractivity contribution in [2.45, 2.75) is 33.2 Å². The SMILES string of the molecule is CCOc1ccccc1C(=O)N[C@H](C(=O)NCCc1ccc(OC)cc1)C(C)C. The van der Waals surface area contributed by atoms with Gasteiger partial charge in [-0.2, -0.15) is 0 Å². The predicted molar refractivity (Wildman–Crippen MR) is 113 cm³/mol. The van der Waals surface area contributed by atoms with Crippen molar-refractivity contribution < 1.29 is 19.1 Å². The highest BCUT2D eigenvalue weighted by atomic mass is 16.5. The molecular formula is C23H30N2O4. The summed E-state index contributed by atoms with van der Waals surface area (Å²) in [6.07, 6.45) is 0.696. The van der Waals surface area contributed by atoms with E-state index in [0.717, 1.165) is 11.3 Å². The number of hydrogen-bond acceptors (Lipinski definition) is 4. The lowest BCUT2D eigenvalue weighted by Crippen LogP contribution is -2.50. The van der Waals surface area contributed by atoms with Crippen molar-refractivity contribution in [1.82, 2.24) is 10.6 Å². The third-order valence-corrected chi connectivity index (χ3v) is 4.54. The Balaban J connectivity index is 1.95. The first-order chi connectivity index (χ1) is 14.0. The fraction of sp³-hybridized carbons (Fsp3) is 0.391. The number of rotatable bonds is 10. The molecule has 0 aliphatic rings. The van der Waals surface area contributed by atoms with Gasteiger partial charge in [-0.1, -0.05) is 38.1 Å². The fourth-order valence-electron chi connectivity index (χ4n) is 2.92. The number of benzene rings is 2. The third-order valence-electron chi connectivity index (χ3n) is 4.54. The zero-order valence-electron chi connectivity index (χ0n) is 17.5. The molecule has 0 unspecified atom stereocenters.